The van der Waals surface area contributed by atoms with Crippen molar-refractivity contribution >= 4 is 0 Å². The lowest BCUT2D eigenvalue weighted by molar-refractivity contribution is -0.406. The number of hydrogen-bond acceptors (Lipinski definition) is 11. The molecule has 3 heterocycles. The fraction of sp³-hybridized carbons (Fsp3) is 0.333. The van der Waals surface area contributed by atoms with Crippen LogP contribution in [0.25, 0.3) is 10.4 Å². The minimum atomic E-state index is -1.17. The number of nitrogens with zero attached hydrogens (tertiary/aromatic N) is 3. The number of hydrogen-bond donors (Lipinski definition) is 0. The van der Waals surface area contributed by atoms with Crippen LogP contribution < -0.4 is 0 Å². The van der Waals surface area contributed by atoms with Crippen LogP contribution >= 0.6 is 0 Å². The third-order valence-electron chi connectivity index (χ3n) is 12.0. The summed E-state index contributed by atoms with van der Waals surface area (Å²) in [6.45, 7) is 1.37. The molecule has 67 heavy (non-hydrogen) atoms. The lowest BCUT2D eigenvalue weighted by Gasteiger charge is -2.51. The smallest absolute Gasteiger partial charge is 0.190 e. The molecule has 0 saturated carbocycles. The molecule has 0 unspecified atom stereocenters. The zero-order valence-electron chi connectivity index (χ0n) is 37.0. The molecule has 0 bridgehead atoms. The molecular weight excluding hydrogens is 851 g/mol. The maximum Gasteiger partial charge on any atom is 0.190 e. The molecule has 346 valence electrons. The minimum Gasteiger partial charge on any atom is -0.374 e. The molecule has 13 nitrogen and oxygen atoms in total. The first kappa shape index (κ1) is 46.3. The summed E-state index contributed by atoms with van der Waals surface area (Å²) in [5.74, 6) is 0. The Labute approximate surface area is 391 Å². The van der Waals surface area contributed by atoms with Gasteiger partial charge in [0, 0.05) is 10.5 Å². The second kappa shape index (κ2) is 23.8. The maximum atomic E-state index is 10.1. The van der Waals surface area contributed by atoms with Crippen LogP contribution in [-0.4, -0.2) is 74.6 Å². The predicted octanol–water partition coefficient (Wildman–Crippen LogP) is 9.80. The molecule has 6 aromatic rings. The van der Waals surface area contributed by atoms with Gasteiger partial charge in [-0.2, -0.15) is 0 Å². The second-order valence-corrected chi connectivity index (χ2v) is 16.6. The Morgan fingerprint density at radius 1 is 0.478 bits per heavy atom. The van der Waals surface area contributed by atoms with E-state index >= 15 is 0 Å². The van der Waals surface area contributed by atoms with Gasteiger partial charge in [-0.3, -0.25) is 0 Å². The van der Waals surface area contributed by atoms with Crippen LogP contribution in [0.3, 0.4) is 0 Å². The highest BCUT2D eigenvalue weighted by Gasteiger charge is 2.55. The molecule has 0 aromatic heterocycles. The van der Waals surface area contributed by atoms with Crippen LogP contribution in [0.2, 0.25) is 0 Å². The molecular formula is C54H55N3O10. The summed E-state index contributed by atoms with van der Waals surface area (Å²) in [6, 6.07) is 58.2. The normalized spacial score (nSPS) is 27.1. The molecule has 13 heteroatoms. The summed E-state index contributed by atoms with van der Waals surface area (Å²) in [5.41, 5.74) is 15.7. The molecule has 3 fully saturated rings. The van der Waals surface area contributed by atoms with Gasteiger partial charge in [-0.1, -0.05) is 187 Å². The van der Waals surface area contributed by atoms with Gasteiger partial charge in [0.1, 0.15) is 36.6 Å². The van der Waals surface area contributed by atoms with Gasteiger partial charge in [0.2, 0.25) is 0 Å². The van der Waals surface area contributed by atoms with Crippen molar-refractivity contribution in [1.29, 1.82) is 0 Å². The lowest BCUT2D eigenvalue weighted by Crippen LogP contribution is -2.66. The molecule has 9 rings (SSSR count). The first-order valence-corrected chi connectivity index (χ1v) is 22.7. The van der Waals surface area contributed by atoms with Crippen molar-refractivity contribution < 1.29 is 47.4 Å². The van der Waals surface area contributed by atoms with E-state index in [2.05, 4.69) is 10.0 Å². The van der Waals surface area contributed by atoms with Gasteiger partial charge in [0.25, 0.3) is 0 Å². The molecule has 6 aromatic carbocycles. The summed E-state index contributed by atoms with van der Waals surface area (Å²) in [5, 5.41) is 4.31. The van der Waals surface area contributed by atoms with Crippen molar-refractivity contribution in [1.82, 2.24) is 0 Å². The highest BCUT2D eigenvalue weighted by Crippen LogP contribution is 2.40. The van der Waals surface area contributed by atoms with Crippen LogP contribution in [0.15, 0.2) is 187 Å². The molecule has 0 radical (unpaired) electrons. The number of ether oxygens (including phenoxy) is 10. The Morgan fingerprint density at radius 2 is 0.896 bits per heavy atom. The van der Waals surface area contributed by atoms with Crippen molar-refractivity contribution in [2.45, 2.75) is 101 Å². The molecule has 0 aliphatic carbocycles. The average Bonchev–Trinajstić information content (AvgIpc) is 3.39. The van der Waals surface area contributed by atoms with Crippen LogP contribution in [0.5, 0.6) is 0 Å². The SMILES string of the molecule is [N-]=[N+]=N[C@@H]1[C@H](OCc2ccccc2)[C@@H](OCc2ccccc2)[C@@H](O[C@H]2O[C@@H]3CO[C@@H](c4ccccc4)O[C@H]3[C@H](OCc3ccccc3)[C@H]2OCc2ccccc2)O[C@@H]1COCc1ccccc1. The molecule has 3 aliphatic heterocycles. The van der Waals surface area contributed by atoms with Gasteiger partial charge < -0.3 is 47.4 Å². The van der Waals surface area contributed by atoms with Gasteiger partial charge in [-0.25, -0.2) is 0 Å². The van der Waals surface area contributed by atoms with Crippen molar-refractivity contribution in [3.05, 3.63) is 226 Å². The van der Waals surface area contributed by atoms with E-state index in [0.717, 1.165) is 33.4 Å². The van der Waals surface area contributed by atoms with Gasteiger partial charge in [-0.15, -0.1) is 0 Å². The molecule has 0 amide bonds. The highest BCUT2D eigenvalue weighted by molar-refractivity contribution is 5.19. The van der Waals surface area contributed by atoms with Crippen LogP contribution in [0, 0.1) is 0 Å². The van der Waals surface area contributed by atoms with E-state index in [0.29, 0.717) is 6.61 Å². The predicted molar refractivity (Wildman–Crippen MR) is 248 cm³/mol. The first-order valence-electron chi connectivity index (χ1n) is 22.7. The van der Waals surface area contributed by atoms with E-state index in [1.807, 2.05) is 182 Å². The van der Waals surface area contributed by atoms with E-state index in [9.17, 15) is 5.53 Å². The van der Waals surface area contributed by atoms with E-state index in [4.69, 9.17) is 47.4 Å². The Kier molecular flexibility index (Phi) is 16.5. The van der Waals surface area contributed by atoms with Gasteiger partial charge in [-0.05, 0) is 33.3 Å². The molecule has 11 atom stereocenters. The fourth-order valence-electron chi connectivity index (χ4n) is 8.57. The fourth-order valence-corrected chi connectivity index (χ4v) is 8.57. The molecule has 0 N–H and O–H groups in total. The number of azide groups is 1. The van der Waals surface area contributed by atoms with Crippen LogP contribution in [0.1, 0.15) is 39.7 Å². The van der Waals surface area contributed by atoms with E-state index in [1.54, 1.807) is 0 Å². The largest absolute Gasteiger partial charge is 0.374 e. The minimum absolute atomic E-state index is 0.0462. The second-order valence-electron chi connectivity index (χ2n) is 16.6. The summed E-state index contributed by atoms with van der Waals surface area (Å²) in [4.78, 5) is 3.29. The van der Waals surface area contributed by atoms with E-state index in [1.165, 1.54) is 0 Å². The van der Waals surface area contributed by atoms with E-state index < -0.39 is 67.6 Å². The monoisotopic (exact) mass is 905 g/mol. The zero-order chi connectivity index (χ0) is 45.5. The summed E-state index contributed by atoms with van der Waals surface area (Å²) < 4.78 is 67.8. The Hall–Kier alpha value is -5.77. The van der Waals surface area contributed by atoms with Crippen LogP contribution in [0.4, 0.5) is 0 Å². The summed E-state index contributed by atoms with van der Waals surface area (Å²) in [6.07, 6.45) is -8.47. The topological polar surface area (TPSA) is 141 Å². The number of rotatable bonds is 20. The van der Waals surface area contributed by atoms with Crippen molar-refractivity contribution in [2.24, 2.45) is 5.11 Å². The van der Waals surface area contributed by atoms with Crippen molar-refractivity contribution in [3.63, 3.8) is 0 Å². The van der Waals surface area contributed by atoms with Gasteiger partial charge in [0.15, 0.2) is 18.9 Å². The average molecular weight is 906 g/mol. The highest BCUT2D eigenvalue weighted by atomic mass is 16.8. The molecule has 3 aliphatic rings. The van der Waals surface area contributed by atoms with Gasteiger partial charge in [0.05, 0.1) is 58.4 Å². The third-order valence-corrected chi connectivity index (χ3v) is 12.0. The zero-order valence-corrected chi connectivity index (χ0v) is 37.0. The Bertz CT molecular complexity index is 2400. The van der Waals surface area contributed by atoms with Gasteiger partial charge >= 0.3 is 0 Å². The maximum absolute atomic E-state index is 10.1. The third kappa shape index (κ3) is 12.4. The standard InChI is InChI=1S/C54H55N3O10/c55-57-56-46-44(36-58-31-38-19-7-1-8-20-38)64-53(50(61-34-41-25-13-4-14-26-41)48(46)59-32-39-21-9-2-10-22-39)67-54-51(62-35-42-27-15-5-16-28-42)49(60-33-40-23-11-3-12-24-40)47-45(65-54)37-63-52(66-47)43-29-17-6-18-30-43/h1-30,44-54H,31-37H2/t44-,45-,46+,47-,48+,49+,50-,51-,52-,53-,54-/m1/s1. The van der Waals surface area contributed by atoms with E-state index in [-0.39, 0.29) is 39.6 Å². The molecule has 0 spiro atoms. The Balaban J connectivity index is 1.07. The van der Waals surface area contributed by atoms with Crippen LogP contribution in [-0.2, 0) is 80.4 Å². The first-order chi connectivity index (χ1) is 33.2. The number of benzene rings is 6. The lowest BCUT2D eigenvalue weighted by atomic mass is 9.95. The molecule has 3 saturated heterocycles. The number of fused-ring (bicyclic) bond motifs is 1. The Morgan fingerprint density at radius 3 is 1.39 bits per heavy atom. The quantitative estimate of drug-likeness (QED) is 0.0413. The summed E-state index contributed by atoms with van der Waals surface area (Å²) >= 11 is 0. The summed E-state index contributed by atoms with van der Waals surface area (Å²) in [7, 11) is 0. The van der Waals surface area contributed by atoms with Crippen molar-refractivity contribution in [3.8, 4) is 0 Å². The van der Waals surface area contributed by atoms with Crippen molar-refractivity contribution in [2.75, 3.05) is 13.2 Å².